The molecule has 0 radical (unpaired) electrons. The molecule has 26 N–H and O–H groups in total. The van der Waals surface area contributed by atoms with Crippen LogP contribution >= 0.6 is 0 Å². The fourth-order valence-corrected chi connectivity index (χ4v) is 13.4. The number of hydrogen-bond donors (Lipinski definition) is 26. The molecule has 0 aromatic rings. The molecule has 40 atom stereocenters. The predicted molar refractivity (Wildman–Crippen MR) is 322 cm³/mol. The molecular weight excluding hydrogens is 1420 g/mol. The van der Waals surface area contributed by atoms with Gasteiger partial charge in [-0.05, 0) is 0 Å². The summed E-state index contributed by atoms with van der Waals surface area (Å²) in [6.07, 6.45) is -72.3. The highest BCUT2D eigenvalue weighted by Crippen LogP contribution is 2.39. The van der Waals surface area contributed by atoms with E-state index in [1.165, 1.54) is 0 Å². The van der Waals surface area contributed by atoms with Gasteiger partial charge in [0.15, 0.2) is 50.3 Å². The third kappa shape index (κ3) is 19.2. The summed E-state index contributed by atoms with van der Waals surface area (Å²) in [6.45, 7) is -3.74. The van der Waals surface area contributed by atoms with E-state index in [2.05, 4.69) is 26.6 Å². The summed E-state index contributed by atoms with van der Waals surface area (Å²) in [7, 11) is 0. The SMILES string of the molecule is CC(=O)N[C@@H]1[C@@H](O)[C@H](O[C@@H]2O[C@H](CO)[C@@H](O[C@@H]3O[C@H](CO[C@H]4O[C@H](CO)[C@@H](O)[C@H](O)[C@@H]4O[C@@H]4O[C@H](CO)[C@@H](O)[C@H](O)[C@H]4NC(C)=O)[C@@H](O)[C@H](O[C@H]4O[C@H](CO)[C@@H](O[C@@H]5O[C@H](CO)[C@@H](O)[C@H](O)[C@H]5NC(C)=O)[C@H](O)[C@@H]4O[C@@H]4O[C@H](CO)[C@@H](O)[C@H](O)[C@H]4NC(C)=O)[C@@H]3O)[C@H](O)[C@H]2NC(C)=O)[C@@H](CO)O[C@H]1O. The van der Waals surface area contributed by atoms with Crippen LogP contribution in [0.5, 0.6) is 0 Å². The summed E-state index contributed by atoms with van der Waals surface area (Å²) in [6, 6.07) is -8.89. The van der Waals surface area contributed by atoms with Gasteiger partial charge in [0.2, 0.25) is 29.5 Å². The Morgan fingerprint density at radius 1 is 0.250 bits per heavy atom. The maximum absolute atomic E-state index is 13.0. The van der Waals surface area contributed by atoms with Gasteiger partial charge < -0.3 is 205 Å². The van der Waals surface area contributed by atoms with E-state index in [0.29, 0.717) is 0 Å². The Kier molecular flexibility index (Phi) is 30.9. The largest absolute Gasteiger partial charge is 0.394 e. The Labute approximate surface area is 589 Å². The minimum atomic E-state index is -2.57. The second-order valence-corrected chi connectivity index (χ2v) is 26.1. The molecule has 0 bridgehead atoms. The van der Waals surface area contributed by atoms with E-state index in [9.17, 15) is 131 Å². The van der Waals surface area contributed by atoms with E-state index in [1.54, 1.807) is 0 Å². The van der Waals surface area contributed by atoms with Crippen LogP contribution in [0.3, 0.4) is 0 Å². The van der Waals surface area contributed by atoms with Crippen molar-refractivity contribution in [2.75, 3.05) is 52.9 Å². The molecule has 46 nitrogen and oxygen atoms in total. The van der Waals surface area contributed by atoms with Crippen LogP contribution in [-0.4, -0.2) is 435 Å². The summed E-state index contributed by atoms with van der Waals surface area (Å²) in [5.74, 6) is -4.30. The van der Waals surface area contributed by atoms with E-state index >= 15 is 0 Å². The molecule has 0 spiro atoms. The molecule has 0 aliphatic carbocycles. The van der Waals surface area contributed by atoms with E-state index in [-0.39, 0.29) is 0 Å². The van der Waals surface area contributed by atoms with Gasteiger partial charge in [0.1, 0.15) is 195 Å². The molecular formula is C58H97N5O41. The number of amides is 5. The molecule has 8 rings (SSSR count). The number of nitrogens with one attached hydrogen (secondary N) is 5. The van der Waals surface area contributed by atoms with Gasteiger partial charge in [0, 0.05) is 34.6 Å². The van der Waals surface area contributed by atoms with E-state index < -0.39 is 328 Å². The zero-order valence-corrected chi connectivity index (χ0v) is 56.3. The first-order valence-electron chi connectivity index (χ1n) is 33.1. The molecule has 0 unspecified atom stereocenters. The van der Waals surface area contributed by atoms with Crippen LogP contribution in [0.25, 0.3) is 0 Å². The molecule has 600 valence electrons. The molecule has 5 amide bonds. The molecule has 8 aliphatic rings. The lowest BCUT2D eigenvalue weighted by atomic mass is 9.93. The molecule has 8 aliphatic heterocycles. The van der Waals surface area contributed by atoms with Gasteiger partial charge in [-0.2, -0.15) is 0 Å². The van der Waals surface area contributed by atoms with Crippen molar-refractivity contribution >= 4 is 29.5 Å². The first kappa shape index (κ1) is 85.5. The third-order valence-corrected chi connectivity index (χ3v) is 18.7. The number of carbonyl (C=O) groups excluding carboxylic acids is 5. The van der Waals surface area contributed by atoms with Crippen LogP contribution in [0, 0.1) is 0 Å². The van der Waals surface area contributed by atoms with Gasteiger partial charge in [-0.3, -0.25) is 24.0 Å². The maximum Gasteiger partial charge on any atom is 0.217 e. The Morgan fingerprint density at radius 3 is 0.904 bits per heavy atom. The summed E-state index contributed by atoms with van der Waals surface area (Å²) in [5, 5.41) is 246. The Bertz CT molecular complexity index is 2770. The van der Waals surface area contributed by atoms with E-state index in [4.69, 9.17) is 71.1 Å². The van der Waals surface area contributed by atoms with Crippen molar-refractivity contribution in [3.63, 3.8) is 0 Å². The number of rotatable bonds is 27. The fourth-order valence-electron chi connectivity index (χ4n) is 13.4. The highest BCUT2D eigenvalue weighted by Gasteiger charge is 2.61. The lowest BCUT2D eigenvalue weighted by molar-refractivity contribution is -0.403. The number of ether oxygens (including phenoxy) is 15. The van der Waals surface area contributed by atoms with Crippen LogP contribution in [-0.2, 0) is 95.0 Å². The van der Waals surface area contributed by atoms with Crippen molar-refractivity contribution < 1.29 is 202 Å². The molecule has 8 saturated heterocycles. The van der Waals surface area contributed by atoms with Crippen molar-refractivity contribution in [2.24, 2.45) is 0 Å². The molecule has 0 saturated carbocycles. The maximum atomic E-state index is 13.0. The summed E-state index contributed by atoms with van der Waals surface area (Å²) < 4.78 is 89.9. The Morgan fingerprint density at radius 2 is 0.519 bits per heavy atom. The van der Waals surface area contributed by atoms with Crippen LogP contribution in [0.2, 0.25) is 0 Å². The zero-order chi connectivity index (χ0) is 76.8. The third-order valence-electron chi connectivity index (χ3n) is 18.7. The van der Waals surface area contributed by atoms with Crippen molar-refractivity contribution in [1.82, 2.24) is 26.6 Å². The predicted octanol–water partition coefficient (Wildman–Crippen LogP) is -17.7. The summed E-state index contributed by atoms with van der Waals surface area (Å²) >= 11 is 0. The standard InChI is InChI=1S/C58H97N5O41/c1-14(71)59-27-40(84)45(23(10-68)91-51(27)89)99-55-31(63-18(5)75)41(85)46(24(11-69)96-55)101-56-44(88)48(36(80)26(98-56)13-90-57-49(42(86)35(79)22(9-67)95-57)103-53-29(61-16(3)73)38(82)33(77)20(7-65)93-53)102-58-50(104-54-30(62-17(4)74)39(83)34(78)21(8-66)94-54)43(87)47(25(12-70)97-58)100-52-28(60-15(2)72)37(81)32(76)19(6-64)92-52/h19-58,64-70,76-89H,6-13H2,1-5H3,(H,59,71)(H,60,72)(H,61,73)(H,62,74)(H,63,75)/t19-,20-,21-,22-,23-,24-,25-,26-,27-,28-,29-,30-,31-,32-,33-,34-,35-,36-,37-,38-,39-,40-,41-,42+,43+,44+,45-,46-,47-,48+,49+,50+,51-,52+,53+,54+,55+,56+,57+,58-/m1/s1. The van der Waals surface area contributed by atoms with Crippen molar-refractivity contribution in [3.8, 4) is 0 Å². The molecule has 8 fully saturated rings. The van der Waals surface area contributed by atoms with Crippen molar-refractivity contribution in [2.45, 2.75) is 280 Å². The van der Waals surface area contributed by atoms with Gasteiger partial charge in [0.05, 0.1) is 52.9 Å². The van der Waals surface area contributed by atoms with Crippen LogP contribution in [0.15, 0.2) is 0 Å². The number of aliphatic hydroxyl groups is 21. The lowest BCUT2D eigenvalue weighted by Crippen LogP contribution is -2.71. The minimum Gasteiger partial charge on any atom is -0.394 e. The number of hydrogen-bond acceptors (Lipinski definition) is 41. The van der Waals surface area contributed by atoms with Crippen molar-refractivity contribution in [3.05, 3.63) is 0 Å². The van der Waals surface area contributed by atoms with Crippen LogP contribution < -0.4 is 26.6 Å². The number of aliphatic hydroxyl groups excluding tert-OH is 21. The normalized spacial score (nSPS) is 47.2. The molecule has 0 aromatic heterocycles. The van der Waals surface area contributed by atoms with Gasteiger partial charge in [-0.25, -0.2) is 0 Å². The minimum absolute atomic E-state index is 0.777. The summed E-state index contributed by atoms with van der Waals surface area (Å²) in [5.41, 5.74) is 0. The van der Waals surface area contributed by atoms with E-state index in [0.717, 1.165) is 34.6 Å². The lowest BCUT2D eigenvalue weighted by Gasteiger charge is -2.51. The second kappa shape index (κ2) is 37.5. The molecule has 8 heterocycles. The average molecular weight is 1520 g/mol. The summed E-state index contributed by atoms with van der Waals surface area (Å²) in [4.78, 5) is 62.7. The first-order chi connectivity index (χ1) is 49.2. The monoisotopic (exact) mass is 1520 g/mol. The highest BCUT2D eigenvalue weighted by molar-refractivity contribution is 5.75. The van der Waals surface area contributed by atoms with Gasteiger partial charge in [-0.15, -0.1) is 0 Å². The molecule has 0 aromatic carbocycles. The topological polar surface area (TPSA) is 709 Å². The highest BCUT2D eigenvalue weighted by atomic mass is 16.8. The van der Waals surface area contributed by atoms with Gasteiger partial charge in [0.25, 0.3) is 0 Å². The zero-order valence-electron chi connectivity index (χ0n) is 56.3. The molecule has 104 heavy (non-hydrogen) atoms. The van der Waals surface area contributed by atoms with Crippen LogP contribution in [0.1, 0.15) is 34.6 Å². The van der Waals surface area contributed by atoms with Crippen molar-refractivity contribution in [1.29, 1.82) is 0 Å². The quantitative estimate of drug-likeness (QED) is 0.0363. The number of carbonyl (C=O) groups is 5. The second-order valence-electron chi connectivity index (χ2n) is 26.1. The first-order valence-corrected chi connectivity index (χ1v) is 33.1. The smallest absolute Gasteiger partial charge is 0.217 e. The molecule has 46 heteroatoms. The Hall–Kier alpha value is -4.09. The Balaban J connectivity index is 1.20. The fraction of sp³-hybridized carbons (Fsp3) is 0.914. The van der Waals surface area contributed by atoms with Gasteiger partial charge in [-0.1, -0.05) is 0 Å². The van der Waals surface area contributed by atoms with Gasteiger partial charge >= 0.3 is 0 Å². The average Bonchev–Trinajstić information content (AvgIpc) is 0.766. The van der Waals surface area contributed by atoms with E-state index in [1.807, 2.05) is 0 Å². The van der Waals surface area contributed by atoms with Crippen LogP contribution in [0.4, 0.5) is 0 Å².